The lowest BCUT2D eigenvalue weighted by molar-refractivity contribution is 0.541. The van der Waals surface area contributed by atoms with Crippen molar-refractivity contribution in [2.45, 2.75) is 25.9 Å². The molecule has 0 spiro atoms. The lowest BCUT2D eigenvalue weighted by atomic mass is 9.92. The zero-order chi connectivity index (χ0) is 21.2. The maximum absolute atomic E-state index is 9.18. The minimum atomic E-state index is 0.509. The molecule has 0 amide bonds. The molecule has 3 aromatic carbocycles. The Morgan fingerprint density at radius 1 is 1.03 bits per heavy atom. The largest absolute Gasteiger partial charge is 0.464 e. The monoisotopic (exact) mass is 407 g/mol. The van der Waals surface area contributed by atoms with Gasteiger partial charge in [-0.2, -0.15) is 5.26 Å². The van der Waals surface area contributed by atoms with Gasteiger partial charge in [0.2, 0.25) is 0 Å². The molecule has 1 aliphatic heterocycles. The first-order valence-corrected chi connectivity index (χ1v) is 10.8. The second-order valence-corrected chi connectivity index (χ2v) is 8.28. The van der Waals surface area contributed by atoms with Gasteiger partial charge in [-0.15, -0.1) is 0 Å². The molecule has 5 rings (SSSR count). The second-order valence-electron chi connectivity index (χ2n) is 8.28. The molecule has 1 aliphatic rings. The van der Waals surface area contributed by atoms with Gasteiger partial charge < -0.3 is 15.1 Å². The minimum Gasteiger partial charge on any atom is -0.464 e. The van der Waals surface area contributed by atoms with E-state index in [1.165, 1.54) is 11.1 Å². The van der Waals surface area contributed by atoms with Crippen LogP contribution in [0.3, 0.4) is 0 Å². The van der Waals surface area contributed by atoms with Crippen molar-refractivity contribution in [1.82, 2.24) is 10.6 Å². The highest BCUT2D eigenvalue weighted by Crippen LogP contribution is 2.37. The Morgan fingerprint density at radius 3 is 2.42 bits per heavy atom. The zero-order valence-corrected chi connectivity index (χ0v) is 17.6. The van der Waals surface area contributed by atoms with Crippen LogP contribution in [0.15, 0.2) is 71.3 Å². The summed E-state index contributed by atoms with van der Waals surface area (Å²) in [6, 6.07) is 23.5. The van der Waals surface area contributed by atoms with E-state index < -0.39 is 0 Å². The van der Waals surface area contributed by atoms with Crippen molar-refractivity contribution in [2.75, 3.05) is 13.1 Å². The maximum Gasteiger partial charge on any atom is 0.134 e. The van der Waals surface area contributed by atoms with Crippen LogP contribution in [0.25, 0.3) is 33.2 Å². The van der Waals surface area contributed by atoms with Gasteiger partial charge in [-0.25, -0.2) is 0 Å². The maximum atomic E-state index is 9.18. The van der Waals surface area contributed by atoms with E-state index in [4.69, 9.17) is 4.42 Å². The van der Waals surface area contributed by atoms with Gasteiger partial charge in [0.05, 0.1) is 17.9 Å². The van der Waals surface area contributed by atoms with Crippen molar-refractivity contribution < 1.29 is 4.42 Å². The number of nitriles is 1. The van der Waals surface area contributed by atoms with Gasteiger partial charge in [0.15, 0.2) is 0 Å². The van der Waals surface area contributed by atoms with Gasteiger partial charge in [0, 0.05) is 30.1 Å². The minimum absolute atomic E-state index is 0.509. The summed E-state index contributed by atoms with van der Waals surface area (Å²) in [6.45, 7) is 4.98. The van der Waals surface area contributed by atoms with Crippen molar-refractivity contribution in [3.8, 4) is 28.3 Å². The van der Waals surface area contributed by atoms with Crippen LogP contribution >= 0.6 is 0 Å². The Bertz CT molecular complexity index is 1240. The van der Waals surface area contributed by atoms with Crippen LogP contribution in [0.5, 0.6) is 0 Å². The van der Waals surface area contributed by atoms with E-state index in [1.807, 2.05) is 30.5 Å². The molecule has 4 aromatic rings. The van der Waals surface area contributed by atoms with Crippen LogP contribution in [-0.4, -0.2) is 19.1 Å². The molecule has 31 heavy (non-hydrogen) atoms. The molecule has 154 valence electrons. The highest BCUT2D eigenvalue weighted by atomic mass is 16.3. The molecular weight excluding hydrogens is 382 g/mol. The number of nitrogens with one attached hydrogen (secondary N) is 2. The first-order valence-electron chi connectivity index (χ1n) is 10.8. The number of furan rings is 1. The Hall–Kier alpha value is -3.39. The average molecular weight is 408 g/mol. The van der Waals surface area contributed by atoms with E-state index in [0.29, 0.717) is 11.6 Å². The fourth-order valence-corrected chi connectivity index (χ4v) is 4.28. The molecular formula is C27H25N3O. The number of nitrogens with zero attached hydrogens (tertiary/aromatic N) is 1. The van der Waals surface area contributed by atoms with Crippen LogP contribution in [0.2, 0.25) is 0 Å². The second kappa shape index (κ2) is 8.39. The summed E-state index contributed by atoms with van der Waals surface area (Å²) in [5.41, 5.74) is 8.49. The van der Waals surface area contributed by atoms with Gasteiger partial charge in [0.1, 0.15) is 5.58 Å². The molecule has 1 aromatic heterocycles. The SMILES string of the molecule is Cc1ccc(-c2cc3occ(CNC4CCNC4)c3cc2-c2ccc(C#N)cc2)cc1. The number of rotatable bonds is 5. The predicted molar refractivity (Wildman–Crippen MR) is 125 cm³/mol. The summed E-state index contributed by atoms with van der Waals surface area (Å²) in [4.78, 5) is 0. The molecule has 0 radical (unpaired) electrons. The topological polar surface area (TPSA) is 61.0 Å². The van der Waals surface area contributed by atoms with Gasteiger partial charge in [-0.1, -0.05) is 42.0 Å². The van der Waals surface area contributed by atoms with Gasteiger partial charge in [-0.05, 0) is 66.4 Å². The molecule has 2 N–H and O–H groups in total. The summed E-state index contributed by atoms with van der Waals surface area (Å²) >= 11 is 0. The first-order chi connectivity index (χ1) is 15.2. The summed E-state index contributed by atoms with van der Waals surface area (Å²) in [5.74, 6) is 0. The fourth-order valence-electron chi connectivity index (χ4n) is 4.28. The Balaban J connectivity index is 1.60. The van der Waals surface area contributed by atoms with E-state index in [9.17, 15) is 5.26 Å². The quantitative estimate of drug-likeness (QED) is 0.465. The Morgan fingerprint density at radius 2 is 1.74 bits per heavy atom. The number of benzene rings is 3. The zero-order valence-electron chi connectivity index (χ0n) is 17.6. The van der Waals surface area contributed by atoms with E-state index in [1.54, 1.807) is 0 Å². The average Bonchev–Trinajstić information content (AvgIpc) is 3.47. The van der Waals surface area contributed by atoms with Crippen molar-refractivity contribution >= 4 is 11.0 Å². The molecule has 0 aliphatic carbocycles. The van der Waals surface area contributed by atoms with Gasteiger partial charge in [-0.3, -0.25) is 0 Å². The van der Waals surface area contributed by atoms with Crippen LogP contribution < -0.4 is 10.6 Å². The van der Waals surface area contributed by atoms with E-state index >= 15 is 0 Å². The molecule has 1 saturated heterocycles. The molecule has 2 heterocycles. The lowest BCUT2D eigenvalue weighted by Gasteiger charge is -2.13. The molecule has 4 heteroatoms. The normalized spacial score (nSPS) is 15.9. The molecule has 1 unspecified atom stereocenters. The van der Waals surface area contributed by atoms with Gasteiger partial charge >= 0.3 is 0 Å². The predicted octanol–water partition coefficient (Wildman–Crippen LogP) is 5.40. The standard InChI is InChI=1S/C27H25N3O/c1-18-2-6-20(7-3-18)25-13-27-26(12-24(25)21-8-4-19(14-28)5-9-21)22(17-31-27)15-30-23-10-11-29-16-23/h2-9,12-13,17,23,29-30H,10-11,15-16H2,1H3. The van der Waals surface area contributed by atoms with E-state index in [2.05, 4.69) is 60.0 Å². The molecule has 1 fully saturated rings. The van der Waals surface area contributed by atoms with Crippen LogP contribution in [-0.2, 0) is 6.54 Å². The van der Waals surface area contributed by atoms with Crippen molar-refractivity contribution in [1.29, 1.82) is 5.26 Å². The van der Waals surface area contributed by atoms with Crippen molar-refractivity contribution in [3.63, 3.8) is 0 Å². The molecule has 0 bridgehead atoms. The highest BCUT2D eigenvalue weighted by molar-refractivity contribution is 5.95. The molecule has 1 atom stereocenters. The lowest BCUT2D eigenvalue weighted by Crippen LogP contribution is -2.30. The Kier molecular flexibility index (Phi) is 5.30. The third-order valence-electron chi connectivity index (χ3n) is 6.12. The third-order valence-corrected chi connectivity index (χ3v) is 6.12. The number of fused-ring (bicyclic) bond motifs is 1. The molecule has 4 nitrogen and oxygen atoms in total. The highest BCUT2D eigenvalue weighted by Gasteiger charge is 2.17. The van der Waals surface area contributed by atoms with E-state index in [-0.39, 0.29) is 0 Å². The number of hydrogen-bond acceptors (Lipinski definition) is 4. The smallest absolute Gasteiger partial charge is 0.134 e. The Labute approximate surface area is 182 Å². The van der Waals surface area contributed by atoms with Crippen molar-refractivity contribution in [3.05, 3.63) is 83.6 Å². The van der Waals surface area contributed by atoms with Crippen LogP contribution in [0.1, 0.15) is 23.1 Å². The van der Waals surface area contributed by atoms with Crippen LogP contribution in [0, 0.1) is 18.3 Å². The summed E-state index contributed by atoms with van der Waals surface area (Å²) in [7, 11) is 0. The van der Waals surface area contributed by atoms with Crippen LogP contribution in [0.4, 0.5) is 0 Å². The number of hydrogen-bond donors (Lipinski definition) is 2. The van der Waals surface area contributed by atoms with E-state index in [0.717, 1.165) is 59.3 Å². The number of aryl methyl sites for hydroxylation is 1. The molecule has 0 saturated carbocycles. The van der Waals surface area contributed by atoms with Gasteiger partial charge in [0.25, 0.3) is 0 Å². The summed E-state index contributed by atoms with van der Waals surface area (Å²) < 4.78 is 5.98. The summed E-state index contributed by atoms with van der Waals surface area (Å²) in [6.07, 6.45) is 3.03. The first kappa shape index (κ1) is 19.6. The fraction of sp³-hybridized carbons (Fsp3) is 0.222. The third kappa shape index (κ3) is 3.98. The van der Waals surface area contributed by atoms with Crippen molar-refractivity contribution in [2.24, 2.45) is 0 Å². The summed E-state index contributed by atoms with van der Waals surface area (Å²) in [5, 5.41) is 17.4.